The van der Waals surface area contributed by atoms with Crippen LogP contribution in [-0.4, -0.2) is 55.1 Å². The number of hydrogen-bond donors (Lipinski definition) is 1. The lowest BCUT2D eigenvalue weighted by atomic mass is 9.92. The van der Waals surface area contributed by atoms with E-state index in [0.717, 1.165) is 24.5 Å². The Bertz CT molecular complexity index is 211. The molecular weight excluding hydrogens is 198 g/mol. The third-order valence-electron chi connectivity index (χ3n) is 4.68. The number of nitrogens with two attached hydrogens (primary N) is 1. The molecule has 2 heterocycles. The van der Waals surface area contributed by atoms with Gasteiger partial charge in [-0.05, 0) is 71.8 Å². The summed E-state index contributed by atoms with van der Waals surface area (Å²) in [5.74, 6) is 0.792. The average Bonchev–Trinajstić information content (AvgIpc) is 2.33. The minimum atomic E-state index is 0.756. The second-order valence-corrected chi connectivity index (χ2v) is 5.72. The fourth-order valence-corrected chi connectivity index (χ4v) is 3.15. The molecular formula is C13H27N3. The average molecular weight is 225 g/mol. The highest BCUT2D eigenvalue weighted by atomic mass is 15.2. The highest BCUT2D eigenvalue weighted by Gasteiger charge is 2.29. The number of piperidine rings is 2. The first kappa shape index (κ1) is 12.3. The Morgan fingerprint density at radius 2 is 1.81 bits per heavy atom. The maximum atomic E-state index is 5.74. The van der Waals surface area contributed by atoms with Crippen LogP contribution < -0.4 is 5.73 Å². The SMILES string of the molecule is CC1CC(N2CCC(CN)CC2)CCN1C. The first-order valence-corrected chi connectivity index (χ1v) is 6.85. The summed E-state index contributed by atoms with van der Waals surface area (Å²) in [6, 6.07) is 1.59. The number of nitrogens with zero attached hydrogens (tertiary/aromatic N) is 2. The van der Waals surface area contributed by atoms with Crippen molar-refractivity contribution in [2.45, 2.75) is 44.7 Å². The van der Waals surface area contributed by atoms with Gasteiger partial charge in [-0.2, -0.15) is 0 Å². The molecule has 0 aliphatic carbocycles. The van der Waals surface area contributed by atoms with Crippen molar-refractivity contribution in [1.82, 2.24) is 9.80 Å². The van der Waals surface area contributed by atoms with Crippen LogP contribution in [0.2, 0.25) is 0 Å². The predicted molar refractivity (Wildman–Crippen MR) is 68.5 cm³/mol. The van der Waals surface area contributed by atoms with Crippen molar-refractivity contribution in [3.8, 4) is 0 Å². The van der Waals surface area contributed by atoms with Gasteiger partial charge in [-0.25, -0.2) is 0 Å². The van der Waals surface area contributed by atoms with E-state index in [9.17, 15) is 0 Å². The minimum Gasteiger partial charge on any atom is -0.330 e. The van der Waals surface area contributed by atoms with Crippen LogP contribution in [0.1, 0.15) is 32.6 Å². The Morgan fingerprint density at radius 1 is 1.12 bits per heavy atom. The molecule has 16 heavy (non-hydrogen) atoms. The summed E-state index contributed by atoms with van der Waals surface area (Å²) in [4.78, 5) is 5.21. The fraction of sp³-hybridized carbons (Fsp3) is 1.00. The molecule has 2 N–H and O–H groups in total. The number of rotatable bonds is 2. The first-order chi connectivity index (χ1) is 7.70. The van der Waals surface area contributed by atoms with Crippen molar-refractivity contribution >= 4 is 0 Å². The molecule has 2 unspecified atom stereocenters. The lowest BCUT2D eigenvalue weighted by Crippen LogP contribution is -2.50. The molecule has 2 saturated heterocycles. The molecule has 0 spiro atoms. The molecule has 3 nitrogen and oxygen atoms in total. The predicted octanol–water partition coefficient (Wildman–Crippen LogP) is 1.14. The van der Waals surface area contributed by atoms with E-state index in [-0.39, 0.29) is 0 Å². The molecule has 0 radical (unpaired) electrons. The Kier molecular flexibility index (Phi) is 4.22. The molecule has 0 bridgehead atoms. The van der Waals surface area contributed by atoms with E-state index in [1.54, 1.807) is 0 Å². The van der Waals surface area contributed by atoms with E-state index in [1.807, 2.05) is 0 Å². The van der Waals surface area contributed by atoms with Gasteiger partial charge in [0.15, 0.2) is 0 Å². The van der Waals surface area contributed by atoms with Gasteiger partial charge in [-0.3, -0.25) is 0 Å². The fourth-order valence-electron chi connectivity index (χ4n) is 3.15. The van der Waals surface area contributed by atoms with E-state index in [2.05, 4.69) is 23.8 Å². The summed E-state index contributed by atoms with van der Waals surface area (Å²) in [6.07, 6.45) is 5.34. The maximum Gasteiger partial charge on any atom is 0.0122 e. The summed E-state index contributed by atoms with van der Waals surface area (Å²) >= 11 is 0. The molecule has 2 atom stereocenters. The molecule has 3 heteroatoms. The van der Waals surface area contributed by atoms with E-state index in [1.165, 1.54) is 45.3 Å². The smallest absolute Gasteiger partial charge is 0.0122 e. The van der Waals surface area contributed by atoms with E-state index in [0.29, 0.717) is 0 Å². The van der Waals surface area contributed by atoms with Crippen molar-refractivity contribution in [2.75, 3.05) is 33.2 Å². The van der Waals surface area contributed by atoms with Gasteiger partial charge in [0, 0.05) is 12.1 Å². The van der Waals surface area contributed by atoms with E-state index >= 15 is 0 Å². The second kappa shape index (κ2) is 5.48. The zero-order valence-electron chi connectivity index (χ0n) is 10.9. The van der Waals surface area contributed by atoms with Crippen LogP contribution in [0.3, 0.4) is 0 Å². The Hall–Kier alpha value is -0.120. The third-order valence-corrected chi connectivity index (χ3v) is 4.68. The standard InChI is InChI=1S/C13H27N3/c1-11-9-13(5-6-15(11)2)16-7-3-12(10-14)4-8-16/h11-13H,3-10,14H2,1-2H3. The van der Waals surface area contributed by atoms with Gasteiger partial charge >= 0.3 is 0 Å². The Balaban J connectivity index is 1.81. The second-order valence-electron chi connectivity index (χ2n) is 5.72. The summed E-state index contributed by atoms with van der Waals surface area (Å²) in [5, 5.41) is 0. The van der Waals surface area contributed by atoms with Crippen LogP contribution in [0.15, 0.2) is 0 Å². The minimum absolute atomic E-state index is 0.756. The van der Waals surface area contributed by atoms with Crippen LogP contribution in [-0.2, 0) is 0 Å². The normalized spacial score (nSPS) is 35.4. The van der Waals surface area contributed by atoms with Crippen molar-refractivity contribution in [1.29, 1.82) is 0 Å². The van der Waals surface area contributed by atoms with Crippen molar-refractivity contribution in [3.63, 3.8) is 0 Å². The van der Waals surface area contributed by atoms with Crippen LogP contribution >= 0.6 is 0 Å². The van der Waals surface area contributed by atoms with Gasteiger partial charge in [0.1, 0.15) is 0 Å². The molecule has 0 aromatic heterocycles. The summed E-state index contributed by atoms with van der Waals surface area (Å²) in [6.45, 7) is 7.07. The topological polar surface area (TPSA) is 32.5 Å². The summed E-state index contributed by atoms with van der Waals surface area (Å²) < 4.78 is 0. The largest absolute Gasteiger partial charge is 0.330 e. The van der Waals surface area contributed by atoms with Crippen molar-refractivity contribution in [2.24, 2.45) is 11.7 Å². The zero-order chi connectivity index (χ0) is 11.5. The lowest BCUT2D eigenvalue weighted by molar-refractivity contribution is 0.0636. The van der Waals surface area contributed by atoms with Gasteiger partial charge in [0.25, 0.3) is 0 Å². The van der Waals surface area contributed by atoms with Gasteiger partial charge < -0.3 is 15.5 Å². The highest BCUT2D eigenvalue weighted by Crippen LogP contribution is 2.25. The molecule has 2 fully saturated rings. The molecule has 0 saturated carbocycles. The molecule has 0 aromatic rings. The maximum absolute atomic E-state index is 5.74. The van der Waals surface area contributed by atoms with Gasteiger partial charge in [-0.1, -0.05) is 0 Å². The monoisotopic (exact) mass is 225 g/mol. The van der Waals surface area contributed by atoms with Crippen LogP contribution in [0.5, 0.6) is 0 Å². The molecule has 2 aliphatic rings. The summed E-state index contributed by atoms with van der Waals surface area (Å²) in [5.41, 5.74) is 5.74. The van der Waals surface area contributed by atoms with Crippen LogP contribution in [0, 0.1) is 5.92 Å². The van der Waals surface area contributed by atoms with Crippen LogP contribution in [0.4, 0.5) is 0 Å². The molecule has 2 rings (SSSR count). The van der Waals surface area contributed by atoms with Crippen LogP contribution in [0.25, 0.3) is 0 Å². The third kappa shape index (κ3) is 2.76. The first-order valence-electron chi connectivity index (χ1n) is 6.85. The molecule has 94 valence electrons. The Labute approximate surface area is 100.0 Å². The molecule has 0 aromatic carbocycles. The van der Waals surface area contributed by atoms with Gasteiger partial charge in [-0.15, -0.1) is 0 Å². The Morgan fingerprint density at radius 3 is 2.38 bits per heavy atom. The molecule has 2 aliphatic heterocycles. The highest BCUT2D eigenvalue weighted by molar-refractivity contribution is 4.85. The van der Waals surface area contributed by atoms with Crippen molar-refractivity contribution in [3.05, 3.63) is 0 Å². The zero-order valence-corrected chi connectivity index (χ0v) is 10.9. The van der Waals surface area contributed by atoms with E-state index in [4.69, 9.17) is 5.73 Å². The lowest BCUT2D eigenvalue weighted by Gasteiger charge is -2.43. The van der Waals surface area contributed by atoms with Crippen molar-refractivity contribution < 1.29 is 0 Å². The number of hydrogen-bond acceptors (Lipinski definition) is 3. The number of likely N-dealkylation sites (tertiary alicyclic amines) is 2. The van der Waals surface area contributed by atoms with E-state index < -0.39 is 0 Å². The quantitative estimate of drug-likeness (QED) is 0.765. The van der Waals surface area contributed by atoms with Gasteiger partial charge in [0.05, 0.1) is 0 Å². The molecule has 0 amide bonds. The summed E-state index contributed by atoms with van der Waals surface area (Å²) in [7, 11) is 2.25. The van der Waals surface area contributed by atoms with Gasteiger partial charge in [0.2, 0.25) is 0 Å².